The smallest absolute Gasteiger partial charge is 0.306 e. The molecule has 1 saturated heterocycles. The quantitative estimate of drug-likeness (QED) is 0.911. The van der Waals surface area contributed by atoms with Crippen LogP contribution in [-0.2, 0) is 22.4 Å². The molecule has 1 aromatic heterocycles. The van der Waals surface area contributed by atoms with Gasteiger partial charge in [-0.05, 0) is 30.4 Å². The molecule has 1 aliphatic rings. The van der Waals surface area contributed by atoms with E-state index in [1.54, 1.807) is 4.90 Å². The second kappa shape index (κ2) is 6.44. The Morgan fingerprint density at radius 1 is 1.26 bits per heavy atom. The highest BCUT2D eigenvalue weighted by molar-refractivity contribution is 5.90. The number of piperidine rings is 1. The summed E-state index contributed by atoms with van der Waals surface area (Å²) in [5.74, 6) is -0.975. The number of nitrogens with zero attached hydrogens (tertiary/aromatic N) is 1. The van der Waals surface area contributed by atoms with Crippen molar-refractivity contribution in [1.82, 2.24) is 9.88 Å². The van der Waals surface area contributed by atoms with Gasteiger partial charge in [0.25, 0.3) is 0 Å². The molecule has 1 aromatic carbocycles. The predicted molar refractivity (Wildman–Crippen MR) is 88.3 cm³/mol. The molecule has 2 aromatic rings. The number of amides is 1. The Hall–Kier alpha value is -2.30. The lowest BCUT2D eigenvalue weighted by Gasteiger charge is -2.30. The number of carboxylic acid groups (broad SMARTS) is 1. The summed E-state index contributed by atoms with van der Waals surface area (Å²) in [7, 11) is 0. The van der Waals surface area contributed by atoms with Crippen molar-refractivity contribution in [3.05, 3.63) is 35.5 Å². The number of hydrogen-bond donors (Lipinski definition) is 2. The van der Waals surface area contributed by atoms with Crippen molar-refractivity contribution in [1.29, 1.82) is 0 Å². The Kier molecular flexibility index (Phi) is 4.37. The first-order chi connectivity index (χ1) is 11.1. The molecule has 1 amide bonds. The number of carbonyl (C=O) groups excluding carboxylic acids is 1. The monoisotopic (exact) mass is 314 g/mol. The fraction of sp³-hybridized carbons (Fsp3) is 0.444. The van der Waals surface area contributed by atoms with Crippen LogP contribution in [0, 0.1) is 5.92 Å². The maximum absolute atomic E-state index is 12.5. The Balaban J connectivity index is 1.70. The first kappa shape index (κ1) is 15.6. The van der Waals surface area contributed by atoms with Gasteiger partial charge in [0, 0.05) is 30.2 Å². The van der Waals surface area contributed by atoms with E-state index < -0.39 is 5.97 Å². The maximum atomic E-state index is 12.5. The first-order valence-corrected chi connectivity index (χ1v) is 8.18. The molecular formula is C18H22N2O3. The topological polar surface area (TPSA) is 73.4 Å². The predicted octanol–water partition coefficient (Wildman–Crippen LogP) is 2.60. The lowest BCUT2D eigenvalue weighted by molar-refractivity contribution is -0.145. The van der Waals surface area contributed by atoms with E-state index in [0.717, 1.165) is 22.9 Å². The molecule has 3 rings (SSSR count). The minimum atomic E-state index is -0.749. The number of fused-ring (bicyclic) bond motifs is 1. The number of carbonyl (C=O) groups is 2. The van der Waals surface area contributed by atoms with Gasteiger partial charge >= 0.3 is 5.97 Å². The highest BCUT2D eigenvalue weighted by atomic mass is 16.4. The van der Waals surface area contributed by atoms with Crippen molar-refractivity contribution in [3.8, 4) is 0 Å². The summed E-state index contributed by atoms with van der Waals surface area (Å²) in [4.78, 5) is 28.6. The fourth-order valence-electron chi connectivity index (χ4n) is 3.37. The van der Waals surface area contributed by atoms with E-state index >= 15 is 0 Å². The van der Waals surface area contributed by atoms with Crippen molar-refractivity contribution in [3.63, 3.8) is 0 Å². The first-order valence-electron chi connectivity index (χ1n) is 8.18. The zero-order valence-electron chi connectivity index (χ0n) is 13.3. The second-order valence-corrected chi connectivity index (χ2v) is 6.18. The number of rotatable bonds is 4. The van der Waals surface area contributed by atoms with Crippen LogP contribution < -0.4 is 0 Å². The average molecular weight is 314 g/mol. The van der Waals surface area contributed by atoms with Gasteiger partial charge in [-0.15, -0.1) is 0 Å². The number of benzene rings is 1. The molecule has 0 unspecified atom stereocenters. The number of aromatic amines is 1. The van der Waals surface area contributed by atoms with E-state index in [2.05, 4.69) is 18.0 Å². The van der Waals surface area contributed by atoms with E-state index in [0.29, 0.717) is 32.4 Å². The molecule has 23 heavy (non-hydrogen) atoms. The lowest BCUT2D eigenvalue weighted by Crippen LogP contribution is -2.40. The van der Waals surface area contributed by atoms with E-state index in [9.17, 15) is 9.59 Å². The summed E-state index contributed by atoms with van der Waals surface area (Å²) in [6.45, 7) is 3.20. The van der Waals surface area contributed by atoms with E-state index in [-0.39, 0.29) is 11.8 Å². The van der Waals surface area contributed by atoms with Crippen molar-refractivity contribution in [2.45, 2.75) is 32.6 Å². The molecule has 0 bridgehead atoms. The van der Waals surface area contributed by atoms with Gasteiger partial charge in [-0.1, -0.05) is 25.1 Å². The van der Waals surface area contributed by atoms with Gasteiger partial charge in [-0.2, -0.15) is 0 Å². The van der Waals surface area contributed by atoms with Gasteiger partial charge in [0.2, 0.25) is 5.91 Å². The van der Waals surface area contributed by atoms with Crippen molar-refractivity contribution in [2.24, 2.45) is 5.92 Å². The Morgan fingerprint density at radius 3 is 2.65 bits per heavy atom. The molecule has 5 nitrogen and oxygen atoms in total. The molecular weight excluding hydrogens is 292 g/mol. The van der Waals surface area contributed by atoms with Crippen LogP contribution in [0.1, 0.15) is 30.9 Å². The molecule has 0 aliphatic carbocycles. The largest absolute Gasteiger partial charge is 0.481 e. The Labute approximate surface area is 135 Å². The fourth-order valence-corrected chi connectivity index (χ4v) is 3.37. The maximum Gasteiger partial charge on any atom is 0.306 e. The van der Waals surface area contributed by atoms with Gasteiger partial charge in [0.15, 0.2) is 0 Å². The molecule has 0 saturated carbocycles. The number of aryl methyl sites for hydroxylation is 1. The Morgan fingerprint density at radius 2 is 2.00 bits per heavy atom. The van der Waals surface area contributed by atoms with Crippen LogP contribution in [0.15, 0.2) is 24.4 Å². The van der Waals surface area contributed by atoms with Crippen LogP contribution in [0.2, 0.25) is 0 Å². The number of likely N-dealkylation sites (tertiary alicyclic amines) is 1. The minimum absolute atomic E-state index is 0.0802. The summed E-state index contributed by atoms with van der Waals surface area (Å²) in [5, 5.41) is 10.1. The highest BCUT2D eigenvalue weighted by Gasteiger charge is 2.27. The summed E-state index contributed by atoms with van der Waals surface area (Å²) < 4.78 is 0. The van der Waals surface area contributed by atoms with E-state index in [1.165, 1.54) is 5.56 Å². The van der Waals surface area contributed by atoms with Gasteiger partial charge < -0.3 is 15.0 Å². The standard InChI is InChI=1S/C18H22N2O3/c1-2-12-4-3-5-15-14(11-19-17(12)15)10-16(21)20-8-6-13(7-9-20)18(22)23/h3-5,11,13,19H,2,6-10H2,1H3,(H,22,23). The number of carboxylic acids is 1. The van der Waals surface area contributed by atoms with Crippen molar-refractivity contribution >= 4 is 22.8 Å². The third-order valence-electron chi connectivity index (χ3n) is 4.81. The zero-order valence-corrected chi connectivity index (χ0v) is 13.3. The highest BCUT2D eigenvalue weighted by Crippen LogP contribution is 2.24. The van der Waals surface area contributed by atoms with E-state index in [4.69, 9.17) is 5.11 Å². The van der Waals surface area contributed by atoms with E-state index in [1.807, 2.05) is 18.3 Å². The summed E-state index contributed by atoms with van der Waals surface area (Å²) in [5.41, 5.74) is 3.38. The number of aromatic nitrogens is 1. The molecule has 0 radical (unpaired) electrons. The van der Waals surface area contributed by atoms with Crippen molar-refractivity contribution < 1.29 is 14.7 Å². The molecule has 0 spiro atoms. The van der Waals surface area contributed by atoms with Gasteiger partial charge in [-0.3, -0.25) is 9.59 Å². The van der Waals surface area contributed by atoms with Crippen molar-refractivity contribution in [2.75, 3.05) is 13.1 Å². The zero-order chi connectivity index (χ0) is 16.4. The summed E-state index contributed by atoms with van der Waals surface area (Å²) in [6.07, 6.45) is 4.34. The van der Waals surface area contributed by atoms with Gasteiger partial charge in [0.1, 0.15) is 0 Å². The third kappa shape index (κ3) is 3.09. The lowest BCUT2D eigenvalue weighted by atomic mass is 9.96. The SMILES string of the molecule is CCc1cccc2c(CC(=O)N3CCC(C(=O)O)CC3)c[nH]c12. The molecule has 2 heterocycles. The minimum Gasteiger partial charge on any atom is -0.481 e. The molecule has 5 heteroatoms. The van der Waals surface area contributed by atoms with Gasteiger partial charge in [0.05, 0.1) is 12.3 Å². The normalized spacial score (nSPS) is 16.0. The van der Waals surface area contributed by atoms with Crippen LogP contribution in [0.25, 0.3) is 10.9 Å². The molecule has 1 aliphatic heterocycles. The number of para-hydroxylation sites is 1. The molecule has 0 atom stereocenters. The molecule has 2 N–H and O–H groups in total. The summed E-state index contributed by atoms with van der Waals surface area (Å²) in [6, 6.07) is 6.17. The number of hydrogen-bond acceptors (Lipinski definition) is 2. The van der Waals surface area contributed by atoms with Crippen LogP contribution >= 0.6 is 0 Å². The number of H-pyrrole nitrogens is 1. The molecule has 122 valence electrons. The number of nitrogens with one attached hydrogen (secondary N) is 1. The Bertz CT molecular complexity index is 727. The van der Waals surface area contributed by atoms with Crippen LogP contribution in [0.5, 0.6) is 0 Å². The van der Waals surface area contributed by atoms with Gasteiger partial charge in [-0.25, -0.2) is 0 Å². The third-order valence-corrected chi connectivity index (χ3v) is 4.81. The summed E-state index contributed by atoms with van der Waals surface area (Å²) >= 11 is 0. The number of aliphatic carboxylic acids is 1. The van der Waals surface area contributed by atoms with Crippen LogP contribution in [0.4, 0.5) is 0 Å². The average Bonchev–Trinajstić information content (AvgIpc) is 2.98. The second-order valence-electron chi connectivity index (χ2n) is 6.18. The van der Waals surface area contributed by atoms with Crippen LogP contribution in [-0.4, -0.2) is 40.0 Å². The molecule has 1 fully saturated rings. The van der Waals surface area contributed by atoms with Crippen LogP contribution in [0.3, 0.4) is 0 Å².